The van der Waals surface area contributed by atoms with Crippen LogP contribution in [0.3, 0.4) is 0 Å². The Morgan fingerprint density at radius 1 is 0.893 bits per heavy atom. The van der Waals surface area contributed by atoms with E-state index in [1.807, 2.05) is 24.3 Å². The lowest BCUT2D eigenvalue weighted by Crippen LogP contribution is -2.12. The molecule has 3 heteroatoms. The van der Waals surface area contributed by atoms with E-state index in [0.29, 0.717) is 17.2 Å². The normalized spacial score (nSPS) is 19.2. The molecule has 0 atom stereocenters. The fourth-order valence-electron chi connectivity index (χ4n) is 3.80. The van der Waals surface area contributed by atoms with Crippen LogP contribution in [0.25, 0.3) is 0 Å². The monoisotopic (exact) mass is 380 g/mol. The maximum absolute atomic E-state index is 12.4. The molecule has 28 heavy (non-hydrogen) atoms. The molecule has 150 valence electrons. The number of hydrogen-bond acceptors (Lipinski definition) is 3. The van der Waals surface area contributed by atoms with Gasteiger partial charge in [-0.3, -0.25) is 0 Å². The molecule has 1 fully saturated rings. The molecule has 0 unspecified atom stereocenters. The summed E-state index contributed by atoms with van der Waals surface area (Å²) in [4.78, 5) is 12.4. The summed E-state index contributed by atoms with van der Waals surface area (Å²) < 4.78 is 11.2. The molecule has 3 nitrogen and oxygen atoms in total. The van der Waals surface area contributed by atoms with Gasteiger partial charge in [0, 0.05) is 0 Å². The Bertz CT molecular complexity index is 725. The number of rotatable bonds is 8. The predicted octanol–water partition coefficient (Wildman–Crippen LogP) is 6.77. The minimum atomic E-state index is -0.319. The zero-order valence-corrected chi connectivity index (χ0v) is 17.2. The Hall–Kier alpha value is -2.29. The first kappa shape index (κ1) is 20.4. The Labute approximate surface area is 169 Å². The van der Waals surface area contributed by atoms with Crippen LogP contribution in [0, 0.1) is 5.92 Å². The van der Waals surface area contributed by atoms with Crippen LogP contribution in [0.1, 0.15) is 80.6 Å². The van der Waals surface area contributed by atoms with E-state index >= 15 is 0 Å². The summed E-state index contributed by atoms with van der Waals surface area (Å²) in [5.74, 6) is 2.50. The molecule has 0 spiro atoms. The summed E-state index contributed by atoms with van der Waals surface area (Å²) in [6.07, 6.45) is 8.51. The van der Waals surface area contributed by atoms with Crippen LogP contribution in [0.2, 0.25) is 0 Å². The van der Waals surface area contributed by atoms with Crippen LogP contribution in [-0.4, -0.2) is 12.6 Å². The highest BCUT2D eigenvalue weighted by Gasteiger charge is 2.20. The van der Waals surface area contributed by atoms with Crippen LogP contribution in [0.15, 0.2) is 48.5 Å². The van der Waals surface area contributed by atoms with Gasteiger partial charge in [-0.25, -0.2) is 4.79 Å². The number of hydrogen-bond donors (Lipinski definition) is 0. The zero-order valence-electron chi connectivity index (χ0n) is 17.2. The molecule has 0 aliphatic heterocycles. The van der Waals surface area contributed by atoms with Crippen molar-refractivity contribution >= 4 is 5.97 Å². The third-order valence-electron chi connectivity index (χ3n) is 5.68. The third-order valence-corrected chi connectivity index (χ3v) is 5.68. The van der Waals surface area contributed by atoms with E-state index in [4.69, 9.17) is 9.47 Å². The number of unbranched alkanes of at least 4 members (excludes halogenated alkanes) is 2. The second-order valence-corrected chi connectivity index (χ2v) is 8.00. The van der Waals surface area contributed by atoms with E-state index in [9.17, 15) is 4.79 Å². The van der Waals surface area contributed by atoms with Gasteiger partial charge >= 0.3 is 5.97 Å². The number of benzene rings is 2. The Balaban J connectivity index is 1.51. The van der Waals surface area contributed by atoms with Gasteiger partial charge in [-0.2, -0.15) is 0 Å². The lowest BCUT2D eigenvalue weighted by atomic mass is 9.79. The van der Waals surface area contributed by atoms with Crippen LogP contribution in [0.4, 0.5) is 0 Å². The van der Waals surface area contributed by atoms with Gasteiger partial charge in [0.2, 0.25) is 0 Å². The van der Waals surface area contributed by atoms with Gasteiger partial charge < -0.3 is 9.47 Å². The van der Waals surface area contributed by atoms with Crippen LogP contribution < -0.4 is 9.47 Å². The first-order valence-electron chi connectivity index (χ1n) is 10.7. The topological polar surface area (TPSA) is 35.5 Å². The molecule has 2 aromatic carbocycles. The lowest BCUT2D eigenvalue weighted by molar-refractivity contribution is 0.0734. The van der Waals surface area contributed by atoms with Crippen molar-refractivity contribution in [2.24, 2.45) is 5.92 Å². The van der Waals surface area contributed by atoms with Crippen LogP contribution >= 0.6 is 0 Å². The highest BCUT2D eigenvalue weighted by Crippen LogP contribution is 2.35. The van der Waals surface area contributed by atoms with E-state index in [0.717, 1.165) is 24.7 Å². The predicted molar refractivity (Wildman–Crippen MR) is 113 cm³/mol. The quantitative estimate of drug-likeness (QED) is 0.288. The van der Waals surface area contributed by atoms with Crippen molar-refractivity contribution in [2.75, 3.05) is 6.61 Å². The van der Waals surface area contributed by atoms with E-state index in [2.05, 4.69) is 26.0 Å². The highest BCUT2D eigenvalue weighted by molar-refractivity contribution is 5.91. The SMILES string of the molecule is CCCCCOc1ccc(OC(=O)c2ccc(C3CCC(C)CC3)cc2)cc1. The average molecular weight is 381 g/mol. The van der Waals surface area contributed by atoms with Gasteiger partial charge in [0.05, 0.1) is 12.2 Å². The van der Waals surface area contributed by atoms with E-state index in [1.165, 1.54) is 44.1 Å². The van der Waals surface area contributed by atoms with Gasteiger partial charge in [0.1, 0.15) is 11.5 Å². The fourth-order valence-corrected chi connectivity index (χ4v) is 3.80. The van der Waals surface area contributed by atoms with Crippen molar-refractivity contribution < 1.29 is 14.3 Å². The molecule has 1 aliphatic rings. The molecular weight excluding hydrogens is 348 g/mol. The van der Waals surface area contributed by atoms with Gasteiger partial charge in [-0.15, -0.1) is 0 Å². The summed E-state index contributed by atoms with van der Waals surface area (Å²) in [7, 11) is 0. The highest BCUT2D eigenvalue weighted by atomic mass is 16.5. The van der Waals surface area contributed by atoms with Crippen molar-refractivity contribution in [3.05, 3.63) is 59.7 Å². The van der Waals surface area contributed by atoms with Crippen molar-refractivity contribution in [1.82, 2.24) is 0 Å². The van der Waals surface area contributed by atoms with E-state index < -0.39 is 0 Å². The third kappa shape index (κ3) is 5.85. The fraction of sp³-hybridized carbons (Fsp3) is 0.480. The largest absolute Gasteiger partial charge is 0.494 e. The summed E-state index contributed by atoms with van der Waals surface area (Å²) in [5, 5.41) is 0. The molecule has 3 rings (SSSR count). The summed E-state index contributed by atoms with van der Waals surface area (Å²) >= 11 is 0. The zero-order chi connectivity index (χ0) is 19.8. The van der Waals surface area contributed by atoms with Crippen molar-refractivity contribution in [2.45, 2.75) is 64.7 Å². The minimum Gasteiger partial charge on any atom is -0.494 e. The standard InChI is InChI=1S/C25H32O3/c1-3-4-5-18-27-23-14-16-24(17-15-23)28-25(26)22-12-10-21(11-13-22)20-8-6-19(2)7-9-20/h10-17,19-20H,3-9,18H2,1-2H3. The van der Waals surface area contributed by atoms with E-state index in [1.54, 1.807) is 12.1 Å². The molecule has 1 aliphatic carbocycles. The van der Waals surface area contributed by atoms with Crippen LogP contribution in [-0.2, 0) is 0 Å². The molecular formula is C25H32O3. The Morgan fingerprint density at radius 3 is 2.18 bits per heavy atom. The van der Waals surface area contributed by atoms with Crippen LogP contribution in [0.5, 0.6) is 11.5 Å². The second kappa shape index (κ2) is 10.3. The summed E-state index contributed by atoms with van der Waals surface area (Å²) in [6.45, 7) is 5.23. The molecule has 0 bridgehead atoms. The molecule has 0 radical (unpaired) electrons. The maximum Gasteiger partial charge on any atom is 0.343 e. The smallest absolute Gasteiger partial charge is 0.343 e. The minimum absolute atomic E-state index is 0.319. The second-order valence-electron chi connectivity index (χ2n) is 8.00. The Morgan fingerprint density at radius 2 is 1.54 bits per heavy atom. The molecule has 2 aromatic rings. The maximum atomic E-state index is 12.4. The summed E-state index contributed by atoms with van der Waals surface area (Å²) in [5.41, 5.74) is 1.93. The van der Waals surface area contributed by atoms with Crippen molar-refractivity contribution in [1.29, 1.82) is 0 Å². The van der Waals surface area contributed by atoms with Crippen molar-refractivity contribution in [3.63, 3.8) is 0 Å². The number of ether oxygens (including phenoxy) is 2. The Kier molecular flexibility index (Phi) is 7.53. The summed E-state index contributed by atoms with van der Waals surface area (Å²) in [6, 6.07) is 15.2. The van der Waals surface area contributed by atoms with E-state index in [-0.39, 0.29) is 5.97 Å². The molecule has 0 N–H and O–H groups in total. The first-order chi connectivity index (χ1) is 13.7. The van der Waals surface area contributed by atoms with Gasteiger partial charge in [-0.1, -0.05) is 51.7 Å². The molecule has 0 aromatic heterocycles. The lowest BCUT2D eigenvalue weighted by Gasteiger charge is -2.26. The average Bonchev–Trinajstić information content (AvgIpc) is 2.73. The number of carbonyl (C=O) groups excluding carboxylic acids is 1. The molecule has 1 saturated carbocycles. The first-order valence-corrected chi connectivity index (χ1v) is 10.7. The van der Waals surface area contributed by atoms with Gasteiger partial charge in [0.15, 0.2) is 0 Å². The van der Waals surface area contributed by atoms with Gasteiger partial charge in [0.25, 0.3) is 0 Å². The van der Waals surface area contributed by atoms with Crippen molar-refractivity contribution in [3.8, 4) is 11.5 Å². The molecule has 0 heterocycles. The van der Waals surface area contributed by atoms with Gasteiger partial charge in [-0.05, 0) is 73.1 Å². The molecule has 0 saturated heterocycles. The number of carbonyl (C=O) groups is 1. The number of esters is 1. The molecule has 0 amide bonds.